The molecule has 0 radical (unpaired) electrons. The monoisotopic (exact) mass is 327 g/mol. The van der Waals surface area contributed by atoms with E-state index in [-0.39, 0.29) is 21.5 Å². The van der Waals surface area contributed by atoms with E-state index in [0.29, 0.717) is 10.0 Å². The molecule has 8 nitrogen and oxygen atoms in total. The Bertz CT molecular complexity index is 716. The van der Waals surface area contributed by atoms with Crippen molar-refractivity contribution in [2.45, 2.75) is 16.3 Å². The van der Waals surface area contributed by atoms with Gasteiger partial charge >= 0.3 is 11.7 Å². The summed E-state index contributed by atoms with van der Waals surface area (Å²) in [6.07, 6.45) is 0. The Morgan fingerprint density at radius 3 is 2.71 bits per heavy atom. The van der Waals surface area contributed by atoms with Crippen LogP contribution in [0.15, 0.2) is 21.5 Å². The van der Waals surface area contributed by atoms with Gasteiger partial charge in [0.25, 0.3) is 0 Å². The van der Waals surface area contributed by atoms with Crippen molar-refractivity contribution >= 4 is 34.8 Å². The number of aromatic carboxylic acids is 1. The first kappa shape index (κ1) is 15.2. The molecule has 0 bridgehead atoms. The van der Waals surface area contributed by atoms with Crippen molar-refractivity contribution in [2.24, 2.45) is 0 Å². The van der Waals surface area contributed by atoms with E-state index in [9.17, 15) is 14.9 Å². The maximum absolute atomic E-state index is 11.0. The van der Waals surface area contributed by atoms with Gasteiger partial charge in [-0.05, 0) is 18.7 Å². The van der Waals surface area contributed by atoms with Crippen molar-refractivity contribution in [1.29, 1.82) is 0 Å². The van der Waals surface area contributed by atoms with Crippen LogP contribution in [0, 0.1) is 17.0 Å². The summed E-state index contributed by atoms with van der Waals surface area (Å²) >= 11 is 1.88. The molecule has 0 aromatic carbocycles. The topological polar surface area (TPSA) is 115 Å². The number of hydrogen-bond acceptors (Lipinski definition) is 8. The molecule has 10 heteroatoms. The SMILES string of the molecule is COc1ccc([N+](=O)[O-])c(Sc2nc(C)c(C(=O)O)s2)n1. The smallest absolute Gasteiger partial charge is 0.347 e. The third-order valence-corrected chi connectivity index (χ3v) is 4.58. The highest BCUT2D eigenvalue weighted by atomic mass is 32.2. The Hall–Kier alpha value is -2.20. The molecule has 0 atom stereocenters. The molecule has 0 spiro atoms. The van der Waals surface area contributed by atoms with E-state index in [4.69, 9.17) is 9.84 Å². The van der Waals surface area contributed by atoms with E-state index in [1.807, 2.05) is 0 Å². The molecule has 21 heavy (non-hydrogen) atoms. The Morgan fingerprint density at radius 1 is 1.48 bits per heavy atom. The molecule has 0 unspecified atom stereocenters. The predicted octanol–water partition coefficient (Wildman–Crippen LogP) is 2.61. The van der Waals surface area contributed by atoms with Crippen LogP contribution in [0.3, 0.4) is 0 Å². The zero-order chi connectivity index (χ0) is 15.6. The number of aryl methyl sites for hydroxylation is 1. The van der Waals surface area contributed by atoms with E-state index >= 15 is 0 Å². The minimum absolute atomic E-state index is 0.100. The summed E-state index contributed by atoms with van der Waals surface area (Å²) < 4.78 is 5.31. The van der Waals surface area contributed by atoms with E-state index in [1.54, 1.807) is 6.92 Å². The fraction of sp³-hybridized carbons (Fsp3) is 0.182. The number of hydrogen-bond donors (Lipinski definition) is 1. The first-order valence-electron chi connectivity index (χ1n) is 5.50. The van der Waals surface area contributed by atoms with Gasteiger partial charge in [-0.3, -0.25) is 10.1 Å². The highest BCUT2D eigenvalue weighted by molar-refractivity contribution is 8.01. The van der Waals surface area contributed by atoms with Crippen molar-refractivity contribution in [1.82, 2.24) is 9.97 Å². The van der Waals surface area contributed by atoms with Gasteiger partial charge < -0.3 is 9.84 Å². The Labute approximate surface area is 127 Å². The van der Waals surface area contributed by atoms with Gasteiger partial charge in [0, 0.05) is 12.1 Å². The number of carboxylic acid groups (broad SMARTS) is 1. The van der Waals surface area contributed by atoms with Crippen molar-refractivity contribution in [3.8, 4) is 5.88 Å². The highest BCUT2D eigenvalue weighted by Gasteiger charge is 2.21. The lowest BCUT2D eigenvalue weighted by Crippen LogP contribution is -1.95. The largest absolute Gasteiger partial charge is 0.481 e. The maximum Gasteiger partial charge on any atom is 0.347 e. The van der Waals surface area contributed by atoms with Gasteiger partial charge in [0.2, 0.25) is 5.88 Å². The molecule has 0 fully saturated rings. The van der Waals surface area contributed by atoms with Crippen LogP contribution in [0.4, 0.5) is 5.69 Å². The van der Waals surface area contributed by atoms with E-state index in [1.165, 1.54) is 19.2 Å². The maximum atomic E-state index is 11.0. The van der Waals surface area contributed by atoms with E-state index in [0.717, 1.165) is 23.1 Å². The van der Waals surface area contributed by atoms with Crippen LogP contribution in [0.5, 0.6) is 5.88 Å². The molecule has 0 aliphatic heterocycles. The summed E-state index contributed by atoms with van der Waals surface area (Å²) in [6.45, 7) is 1.57. The van der Waals surface area contributed by atoms with Gasteiger partial charge in [0.1, 0.15) is 4.88 Å². The normalized spacial score (nSPS) is 10.4. The van der Waals surface area contributed by atoms with Crippen LogP contribution in [0.25, 0.3) is 0 Å². The van der Waals surface area contributed by atoms with E-state index < -0.39 is 10.9 Å². The minimum Gasteiger partial charge on any atom is -0.481 e. The lowest BCUT2D eigenvalue weighted by molar-refractivity contribution is -0.388. The molecule has 0 saturated carbocycles. The third-order valence-electron chi connectivity index (χ3n) is 2.38. The standard InChI is InChI=1S/C11H9N3O5S2/c1-5-8(10(15)16)20-11(12-5)21-9-6(14(17)18)3-4-7(13-9)19-2/h3-4H,1-2H3,(H,15,16). The number of ether oxygens (including phenoxy) is 1. The second kappa shape index (κ2) is 6.06. The fourth-order valence-electron chi connectivity index (χ4n) is 1.44. The number of thiazole rings is 1. The molecule has 0 aliphatic carbocycles. The van der Waals surface area contributed by atoms with Crippen molar-refractivity contribution in [2.75, 3.05) is 7.11 Å². The van der Waals surface area contributed by atoms with E-state index in [2.05, 4.69) is 9.97 Å². The van der Waals surface area contributed by atoms with Gasteiger partial charge in [0.05, 0.1) is 17.7 Å². The van der Waals surface area contributed by atoms with Crippen LogP contribution >= 0.6 is 23.1 Å². The number of pyridine rings is 1. The molecular weight excluding hydrogens is 318 g/mol. The molecule has 2 aromatic rings. The number of nitrogens with zero attached hydrogens (tertiary/aromatic N) is 3. The zero-order valence-electron chi connectivity index (χ0n) is 10.9. The Morgan fingerprint density at radius 2 is 2.19 bits per heavy atom. The average molecular weight is 327 g/mol. The Kier molecular flexibility index (Phi) is 4.38. The van der Waals surface area contributed by atoms with Crippen LogP contribution in [-0.4, -0.2) is 33.1 Å². The Balaban J connectivity index is 2.40. The van der Waals surface area contributed by atoms with Crippen molar-refractivity contribution in [3.05, 3.63) is 32.8 Å². The molecule has 0 saturated heterocycles. The first-order chi connectivity index (χ1) is 9.92. The fourth-order valence-corrected chi connectivity index (χ4v) is 3.46. The third kappa shape index (κ3) is 3.28. The quantitative estimate of drug-likeness (QED) is 0.658. The van der Waals surface area contributed by atoms with Gasteiger partial charge in [-0.25, -0.2) is 9.78 Å². The molecular formula is C11H9N3O5S2. The summed E-state index contributed by atoms with van der Waals surface area (Å²) in [5.74, 6) is -0.847. The molecule has 1 N–H and O–H groups in total. The number of nitro groups is 1. The molecule has 2 rings (SSSR count). The van der Waals surface area contributed by atoms with Crippen LogP contribution in [0.2, 0.25) is 0 Å². The molecule has 2 aromatic heterocycles. The zero-order valence-corrected chi connectivity index (χ0v) is 12.5. The molecule has 0 aliphatic rings. The second-order valence-corrected chi connectivity index (χ2v) is 5.97. The number of aromatic nitrogens is 2. The summed E-state index contributed by atoms with van der Waals surface area (Å²) in [7, 11) is 1.40. The number of rotatable bonds is 5. The average Bonchev–Trinajstić information content (AvgIpc) is 2.79. The molecule has 2 heterocycles. The van der Waals surface area contributed by atoms with Gasteiger partial charge in [0.15, 0.2) is 9.37 Å². The lowest BCUT2D eigenvalue weighted by atomic mass is 10.4. The van der Waals surface area contributed by atoms with Gasteiger partial charge in [-0.2, -0.15) is 4.98 Å². The second-order valence-electron chi connectivity index (χ2n) is 3.74. The summed E-state index contributed by atoms with van der Waals surface area (Å²) in [5.41, 5.74) is 0.172. The minimum atomic E-state index is -1.08. The lowest BCUT2D eigenvalue weighted by Gasteiger charge is -2.02. The van der Waals surface area contributed by atoms with Crippen molar-refractivity contribution < 1.29 is 19.6 Å². The molecule has 0 amide bonds. The van der Waals surface area contributed by atoms with Crippen molar-refractivity contribution in [3.63, 3.8) is 0 Å². The van der Waals surface area contributed by atoms with Gasteiger partial charge in [-0.1, -0.05) is 11.3 Å². The molecule has 110 valence electrons. The van der Waals surface area contributed by atoms with Gasteiger partial charge in [-0.15, -0.1) is 0 Å². The van der Waals surface area contributed by atoms with Crippen LogP contribution in [-0.2, 0) is 0 Å². The summed E-state index contributed by atoms with van der Waals surface area (Å²) in [6, 6.07) is 2.67. The summed E-state index contributed by atoms with van der Waals surface area (Å²) in [5, 5.41) is 20.1. The predicted molar refractivity (Wildman–Crippen MR) is 75.4 cm³/mol. The number of carboxylic acids is 1. The van der Waals surface area contributed by atoms with Crippen LogP contribution < -0.4 is 4.74 Å². The van der Waals surface area contributed by atoms with Crippen LogP contribution in [0.1, 0.15) is 15.4 Å². The highest BCUT2D eigenvalue weighted by Crippen LogP contribution is 2.37. The summed E-state index contributed by atoms with van der Waals surface area (Å²) in [4.78, 5) is 29.6. The first-order valence-corrected chi connectivity index (χ1v) is 7.13. The number of carbonyl (C=O) groups is 1. The number of methoxy groups -OCH3 is 1.